The number of cyclic esters (lactones) is 1. The van der Waals surface area contributed by atoms with E-state index in [9.17, 15) is 19.2 Å². The van der Waals surface area contributed by atoms with E-state index in [1.165, 1.54) is 0 Å². The molecule has 1 fully saturated rings. The van der Waals surface area contributed by atoms with Crippen LogP contribution < -0.4 is 10.6 Å². The fraction of sp³-hybridized carbons (Fsp3) is 0.448. The second kappa shape index (κ2) is 13.0. The van der Waals surface area contributed by atoms with Crippen molar-refractivity contribution >= 4 is 23.8 Å². The number of carbonyl (C=O) groups excluding carboxylic acids is 4. The van der Waals surface area contributed by atoms with Gasteiger partial charge in [0, 0.05) is 6.42 Å². The Morgan fingerprint density at radius 2 is 1.51 bits per heavy atom. The lowest BCUT2D eigenvalue weighted by Crippen LogP contribution is -2.60. The summed E-state index contributed by atoms with van der Waals surface area (Å²) in [7, 11) is 0. The number of hydrogen-bond acceptors (Lipinski definition) is 6. The third-order valence-electron chi connectivity index (χ3n) is 6.71. The summed E-state index contributed by atoms with van der Waals surface area (Å²) in [5.74, 6) is -2.80. The molecular formula is C29H36N2O6. The molecule has 0 bridgehead atoms. The zero-order chi connectivity index (χ0) is 26.9. The van der Waals surface area contributed by atoms with Gasteiger partial charge in [0.05, 0.1) is 0 Å². The van der Waals surface area contributed by atoms with Gasteiger partial charge in [-0.05, 0) is 23.0 Å². The van der Waals surface area contributed by atoms with Crippen LogP contribution in [0.3, 0.4) is 0 Å². The van der Waals surface area contributed by atoms with E-state index in [0.29, 0.717) is 0 Å². The molecule has 3 rings (SSSR count). The third kappa shape index (κ3) is 7.41. The predicted molar refractivity (Wildman–Crippen MR) is 138 cm³/mol. The monoisotopic (exact) mass is 508 g/mol. The third-order valence-corrected chi connectivity index (χ3v) is 6.71. The maximum atomic E-state index is 13.4. The Morgan fingerprint density at radius 1 is 0.919 bits per heavy atom. The molecule has 8 nitrogen and oxygen atoms in total. The van der Waals surface area contributed by atoms with E-state index >= 15 is 0 Å². The summed E-state index contributed by atoms with van der Waals surface area (Å²) in [6, 6.07) is 16.7. The summed E-state index contributed by atoms with van der Waals surface area (Å²) in [6.07, 6.45) is -0.0134. The van der Waals surface area contributed by atoms with E-state index in [2.05, 4.69) is 10.6 Å². The average Bonchev–Trinajstić information content (AvgIpc) is 2.89. The summed E-state index contributed by atoms with van der Waals surface area (Å²) in [6.45, 7) is 7.55. The van der Waals surface area contributed by atoms with Crippen LogP contribution in [0.5, 0.6) is 0 Å². The van der Waals surface area contributed by atoms with Crippen molar-refractivity contribution < 1.29 is 28.7 Å². The number of esters is 2. The van der Waals surface area contributed by atoms with E-state index in [1.807, 2.05) is 88.4 Å². The quantitative estimate of drug-likeness (QED) is 0.426. The molecule has 198 valence electrons. The molecule has 0 radical (unpaired) electrons. The molecule has 0 spiro atoms. The van der Waals surface area contributed by atoms with Crippen molar-refractivity contribution in [2.24, 2.45) is 17.8 Å². The van der Waals surface area contributed by atoms with Crippen LogP contribution in [0.4, 0.5) is 0 Å². The van der Waals surface area contributed by atoms with Gasteiger partial charge in [-0.1, -0.05) is 94.8 Å². The summed E-state index contributed by atoms with van der Waals surface area (Å²) in [5.41, 5.74) is 1.67. The van der Waals surface area contributed by atoms with Crippen LogP contribution in [0.15, 0.2) is 60.7 Å². The van der Waals surface area contributed by atoms with Gasteiger partial charge >= 0.3 is 11.9 Å². The molecule has 1 saturated heterocycles. The van der Waals surface area contributed by atoms with Crippen molar-refractivity contribution in [3.05, 3.63) is 71.8 Å². The molecule has 1 aliphatic rings. The summed E-state index contributed by atoms with van der Waals surface area (Å²) in [4.78, 5) is 51.3. The highest BCUT2D eigenvalue weighted by atomic mass is 16.6. The minimum atomic E-state index is -0.977. The molecule has 0 saturated carbocycles. The molecule has 0 aliphatic carbocycles. The highest BCUT2D eigenvalue weighted by Crippen LogP contribution is 2.31. The molecule has 4 unspecified atom stereocenters. The number of rotatable bonds is 12. The summed E-state index contributed by atoms with van der Waals surface area (Å²) < 4.78 is 10.6. The zero-order valence-electron chi connectivity index (χ0n) is 21.8. The zero-order valence-corrected chi connectivity index (χ0v) is 21.8. The molecule has 1 heterocycles. The van der Waals surface area contributed by atoms with Gasteiger partial charge in [0.15, 0.2) is 6.10 Å². The molecule has 2 aromatic rings. The first kappa shape index (κ1) is 27.9. The minimum absolute atomic E-state index is 0.0249. The van der Waals surface area contributed by atoms with Gasteiger partial charge in [0.1, 0.15) is 24.6 Å². The first-order valence-electron chi connectivity index (χ1n) is 12.8. The fourth-order valence-corrected chi connectivity index (χ4v) is 4.21. The Labute approximate surface area is 218 Å². The van der Waals surface area contributed by atoms with Gasteiger partial charge in [0.2, 0.25) is 5.91 Å². The van der Waals surface area contributed by atoms with Gasteiger partial charge in [-0.25, -0.2) is 4.79 Å². The summed E-state index contributed by atoms with van der Waals surface area (Å²) in [5, 5.41) is 5.53. The predicted octanol–water partition coefficient (Wildman–Crippen LogP) is 3.19. The Hall–Kier alpha value is -3.68. The fourth-order valence-electron chi connectivity index (χ4n) is 4.21. The van der Waals surface area contributed by atoms with E-state index in [-0.39, 0.29) is 24.9 Å². The highest BCUT2D eigenvalue weighted by Gasteiger charge is 2.50. The maximum absolute atomic E-state index is 13.4. The highest BCUT2D eigenvalue weighted by molar-refractivity contribution is 5.97. The van der Waals surface area contributed by atoms with E-state index < -0.39 is 47.9 Å². The van der Waals surface area contributed by atoms with E-state index in [4.69, 9.17) is 9.47 Å². The Kier molecular flexibility index (Phi) is 9.83. The topological polar surface area (TPSA) is 111 Å². The van der Waals surface area contributed by atoms with Gasteiger partial charge in [-0.15, -0.1) is 0 Å². The van der Waals surface area contributed by atoms with E-state index in [0.717, 1.165) is 17.5 Å². The van der Waals surface area contributed by atoms with E-state index in [1.54, 1.807) is 0 Å². The second-order valence-corrected chi connectivity index (χ2v) is 9.84. The largest absolute Gasteiger partial charge is 0.459 e. The van der Waals surface area contributed by atoms with Crippen molar-refractivity contribution in [2.45, 2.75) is 65.3 Å². The number of carbonyl (C=O) groups is 4. The molecule has 37 heavy (non-hydrogen) atoms. The number of hydrogen-bond donors (Lipinski definition) is 2. The molecule has 2 N–H and O–H groups in total. The summed E-state index contributed by atoms with van der Waals surface area (Å²) >= 11 is 0. The number of ether oxygens (including phenoxy) is 2. The van der Waals surface area contributed by atoms with Gasteiger partial charge in [-0.2, -0.15) is 0 Å². The van der Waals surface area contributed by atoms with Crippen molar-refractivity contribution in [3.8, 4) is 0 Å². The first-order valence-corrected chi connectivity index (χ1v) is 12.8. The van der Waals surface area contributed by atoms with Crippen molar-refractivity contribution in [1.82, 2.24) is 10.6 Å². The number of benzene rings is 2. The number of amides is 2. The molecule has 2 amide bonds. The molecule has 1 aliphatic heterocycles. The normalized spacial score (nSPS) is 19.1. The van der Waals surface area contributed by atoms with Gasteiger partial charge < -0.3 is 20.1 Å². The van der Waals surface area contributed by atoms with Crippen LogP contribution in [0, 0.1) is 17.8 Å². The minimum Gasteiger partial charge on any atom is -0.459 e. The lowest BCUT2D eigenvalue weighted by molar-refractivity contribution is -0.193. The van der Waals surface area contributed by atoms with Crippen LogP contribution in [-0.4, -0.2) is 41.9 Å². The maximum Gasteiger partial charge on any atom is 0.329 e. The lowest BCUT2D eigenvalue weighted by atomic mass is 9.82. The van der Waals surface area contributed by atoms with Crippen molar-refractivity contribution in [2.75, 3.05) is 0 Å². The molecule has 0 aromatic heterocycles. The van der Waals surface area contributed by atoms with Gasteiger partial charge in [0.25, 0.3) is 5.91 Å². The average molecular weight is 509 g/mol. The number of nitrogens with one attached hydrogen (secondary N) is 2. The smallest absolute Gasteiger partial charge is 0.329 e. The second-order valence-electron chi connectivity index (χ2n) is 9.84. The van der Waals surface area contributed by atoms with Crippen LogP contribution >= 0.6 is 0 Å². The standard InChI is InChI=1S/C29H36N2O6/c1-5-19(4)23-25(37-28(23)34)27(33)30-22(16-20-12-8-6-9-13-20)26(32)31-24(18(2)3)29(35)36-17-21-14-10-7-11-15-21/h6-15,18-19,22-25H,5,16-17H2,1-4H3,(H,30,33)(H,31,32)/t19-,22?,23?,24?,25?/m0/s1. The van der Waals surface area contributed by atoms with Crippen LogP contribution in [0.25, 0.3) is 0 Å². The molecule has 8 heteroatoms. The van der Waals surface area contributed by atoms with Crippen molar-refractivity contribution in [1.29, 1.82) is 0 Å². The lowest BCUT2D eigenvalue weighted by Gasteiger charge is -2.38. The van der Waals surface area contributed by atoms with Crippen molar-refractivity contribution in [3.63, 3.8) is 0 Å². The van der Waals surface area contributed by atoms with Crippen LogP contribution in [0.2, 0.25) is 0 Å². The molecular weight excluding hydrogens is 472 g/mol. The van der Waals surface area contributed by atoms with Crippen LogP contribution in [-0.2, 0) is 41.7 Å². The van der Waals surface area contributed by atoms with Crippen LogP contribution in [0.1, 0.15) is 45.2 Å². The van der Waals surface area contributed by atoms with Gasteiger partial charge in [-0.3, -0.25) is 14.4 Å². The Bertz CT molecular complexity index is 1070. The SMILES string of the molecule is CC[C@H](C)C1C(=O)OC1C(=O)NC(Cc1ccccc1)C(=O)NC(C(=O)OCc1ccccc1)C(C)C. The molecule has 2 aromatic carbocycles. The molecule has 5 atom stereocenters. The Balaban J connectivity index is 1.71. The first-order chi connectivity index (χ1) is 17.7. The Morgan fingerprint density at radius 3 is 2.05 bits per heavy atom.